The highest BCUT2D eigenvalue weighted by atomic mass is 32.2. The van der Waals surface area contributed by atoms with Gasteiger partial charge in [-0.3, -0.25) is 29.0 Å². The van der Waals surface area contributed by atoms with Crippen molar-refractivity contribution in [3.63, 3.8) is 0 Å². The molecule has 5 aromatic carbocycles. The number of halogens is 1. The number of phosphoric ester groups is 1. The molecule has 2 aliphatic heterocycles. The van der Waals surface area contributed by atoms with E-state index in [4.69, 9.17) is 14.2 Å². The zero-order valence-corrected chi connectivity index (χ0v) is 47.5. The van der Waals surface area contributed by atoms with Crippen molar-refractivity contribution in [1.29, 1.82) is 0 Å². The quantitative estimate of drug-likeness (QED) is 0.0125. The molecular formula is C57H65FN10O11PS+. The van der Waals surface area contributed by atoms with E-state index in [9.17, 15) is 36.6 Å². The summed E-state index contributed by atoms with van der Waals surface area (Å²) >= 11 is 0. The molecule has 1 saturated heterocycles. The Morgan fingerprint density at radius 1 is 0.778 bits per heavy atom. The van der Waals surface area contributed by atoms with Crippen LogP contribution >= 0.6 is 7.82 Å². The van der Waals surface area contributed by atoms with E-state index in [1.165, 1.54) is 37.3 Å². The van der Waals surface area contributed by atoms with Gasteiger partial charge in [-0.05, 0) is 97.3 Å². The van der Waals surface area contributed by atoms with Gasteiger partial charge in [-0.2, -0.15) is 10.2 Å². The average Bonchev–Trinajstić information content (AvgIpc) is 3.58. The van der Waals surface area contributed by atoms with Crippen LogP contribution in [0.5, 0.6) is 5.75 Å². The van der Waals surface area contributed by atoms with Gasteiger partial charge < -0.3 is 39.6 Å². The van der Waals surface area contributed by atoms with Gasteiger partial charge >= 0.3 is 7.82 Å². The van der Waals surface area contributed by atoms with E-state index in [1.807, 2.05) is 142 Å². The number of nitrogens with zero attached hydrogens (tertiary/aromatic N) is 6. The van der Waals surface area contributed by atoms with Crippen molar-refractivity contribution in [2.24, 2.45) is 16.1 Å². The summed E-state index contributed by atoms with van der Waals surface area (Å²) in [6.07, 6.45) is -1.55. The molecule has 1 aliphatic carbocycles. The molecule has 1 fully saturated rings. The van der Waals surface area contributed by atoms with E-state index < -0.39 is 41.6 Å². The van der Waals surface area contributed by atoms with Gasteiger partial charge in [0.2, 0.25) is 33.4 Å². The molecule has 3 aliphatic rings. The molecule has 1 unspecified atom stereocenters. The molecule has 0 aromatic heterocycles. The molecule has 0 saturated carbocycles. The summed E-state index contributed by atoms with van der Waals surface area (Å²) in [5, 5.41) is 17.5. The van der Waals surface area contributed by atoms with Crippen LogP contribution < -0.4 is 44.9 Å². The van der Waals surface area contributed by atoms with Crippen LogP contribution in [-0.2, 0) is 29.0 Å². The summed E-state index contributed by atoms with van der Waals surface area (Å²) < 4.78 is 66.0. The maximum absolute atomic E-state index is 15.0. The number of fused-ring (bicyclic) bond motifs is 2. The number of carbonyl (C=O) groups is 4. The Labute approximate surface area is 468 Å². The number of phosphoric acid groups is 1. The first-order valence-electron chi connectivity index (χ1n) is 25.6. The summed E-state index contributed by atoms with van der Waals surface area (Å²) in [6.45, 7) is 2.00. The Hall–Kier alpha value is -8.34. The number of amides is 4. The minimum atomic E-state index is -4.99. The normalized spacial score (nSPS) is 13.2. The van der Waals surface area contributed by atoms with E-state index in [0.717, 1.165) is 44.9 Å². The van der Waals surface area contributed by atoms with Crippen molar-refractivity contribution < 1.29 is 55.3 Å². The molecule has 2 heterocycles. The number of rotatable bonds is 18. The number of anilines is 2. The topological polar surface area (TPSA) is 268 Å². The molecule has 8 rings (SSSR count). The molecule has 0 bridgehead atoms. The molecule has 0 radical (unpaired) electrons. The zero-order chi connectivity index (χ0) is 58.6. The minimum absolute atomic E-state index is 0.117. The third-order valence-electron chi connectivity index (χ3n) is 13.1. The van der Waals surface area contributed by atoms with Crippen molar-refractivity contribution >= 4 is 75.2 Å². The number of nitrogens with one attached hydrogen (secondary N) is 4. The highest BCUT2D eigenvalue weighted by Gasteiger charge is 2.31. The SMILES string of the molecule is CC(=O)NCCNS(=O)(=O)c1ccc(N=Nc2ccc(N(C)C)cc2)cc1.CN(C)c1ccc2c(-c3ccccc3C(=O)N3CCC(C(=O)NCNC(=O)C(F)c4ccccc4OP(=O)(O)O)CC3)c3ccc(=[N+](C)C)cc-3oc2c1. The first-order chi connectivity index (χ1) is 38.5. The second-order valence-electron chi connectivity index (χ2n) is 19.5. The molecule has 6 N–H and O–H groups in total. The van der Waals surface area contributed by atoms with Gasteiger partial charge in [-0.25, -0.2) is 26.7 Å². The Bertz CT molecular complexity index is 3640. The van der Waals surface area contributed by atoms with Gasteiger partial charge in [0.25, 0.3) is 11.8 Å². The molecule has 426 valence electrons. The van der Waals surface area contributed by atoms with Gasteiger partial charge in [0.05, 0.1) is 29.0 Å². The van der Waals surface area contributed by atoms with Crippen molar-refractivity contribution in [1.82, 2.24) is 30.1 Å². The number of hydrogen-bond donors (Lipinski definition) is 6. The number of likely N-dealkylation sites (tertiary alicyclic amines) is 1. The van der Waals surface area contributed by atoms with Gasteiger partial charge in [0.15, 0.2) is 0 Å². The Morgan fingerprint density at radius 2 is 1.40 bits per heavy atom. The summed E-state index contributed by atoms with van der Waals surface area (Å²) in [5.41, 5.74) is 6.65. The molecule has 81 heavy (non-hydrogen) atoms. The molecule has 0 spiro atoms. The first kappa shape index (κ1) is 60.3. The molecule has 4 amide bonds. The number of azo groups is 1. The average molecular weight is 1150 g/mol. The fourth-order valence-electron chi connectivity index (χ4n) is 8.74. The van der Waals surface area contributed by atoms with Crippen molar-refractivity contribution in [2.75, 3.05) is 84.9 Å². The number of benzene rings is 6. The Morgan fingerprint density at radius 3 is 2.02 bits per heavy atom. The van der Waals surface area contributed by atoms with Gasteiger partial charge in [-0.15, -0.1) is 0 Å². The van der Waals surface area contributed by atoms with E-state index in [-0.39, 0.29) is 47.9 Å². The molecule has 24 heteroatoms. The van der Waals surface area contributed by atoms with E-state index in [2.05, 4.69) is 35.4 Å². The van der Waals surface area contributed by atoms with Gasteiger partial charge in [-0.1, -0.05) is 36.4 Å². The number of carbonyl (C=O) groups excluding carboxylic acids is 4. The Kier molecular flexibility index (Phi) is 19.9. The fraction of sp³-hybridized carbons (Fsp3) is 0.281. The van der Waals surface area contributed by atoms with Crippen LogP contribution in [0, 0.1) is 5.92 Å². The van der Waals surface area contributed by atoms with E-state index >= 15 is 0 Å². The lowest BCUT2D eigenvalue weighted by atomic mass is 9.89. The monoisotopic (exact) mass is 1150 g/mol. The van der Waals surface area contributed by atoms with E-state index in [1.54, 1.807) is 17.0 Å². The largest absolute Gasteiger partial charge is 0.524 e. The van der Waals surface area contributed by atoms with Crippen molar-refractivity contribution in [3.8, 4) is 28.2 Å². The second-order valence-corrected chi connectivity index (χ2v) is 22.4. The predicted molar refractivity (Wildman–Crippen MR) is 308 cm³/mol. The summed E-state index contributed by atoms with van der Waals surface area (Å²) in [5.74, 6) is -2.08. The maximum atomic E-state index is 15.0. The van der Waals surface area contributed by atoms with Crippen molar-refractivity contribution in [3.05, 3.63) is 150 Å². The summed E-state index contributed by atoms with van der Waals surface area (Å²) in [4.78, 5) is 74.6. The third-order valence-corrected chi connectivity index (χ3v) is 15.0. The standard InChI is InChI=1S/C39H41FN5O8P.C18H23N5O3S/c1-43(2)25-13-15-29-33(21-25)52-34-22-26(44(3)4)14-16-30(34)35(29)27-9-5-6-10-28(27)39(48)45-19-17-24(18-20-45)37(46)41-23-42-38(47)36(40)31-11-7-8-12-32(31)53-54(49,50)51;1-14(24)19-12-13-20-27(25,26)18-10-6-16(7-11-18)22-21-15-4-8-17(9-5-15)23(2)3/h5-16,21-22,24,36H,17-20,23H2,1-4H3,(H3-,41,42,46,47,49,50,51);4-11,20H,12-13H2,1-3H3,(H,19,24)/p+1. The Balaban J connectivity index is 0.000000294. The third kappa shape index (κ3) is 15.9. The highest BCUT2D eigenvalue weighted by Crippen LogP contribution is 2.43. The van der Waals surface area contributed by atoms with Crippen LogP contribution in [0.15, 0.2) is 153 Å². The highest BCUT2D eigenvalue weighted by molar-refractivity contribution is 7.89. The lowest BCUT2D eigenvalue weighted by Gasteiger charge is -2.32. The summed E-state index contributed by atoms with van der Waals surface area (Å²) in [7, 11) is 3.15. The van der Waals surface area contributed by atoms with Crippen LogP contribution in [0.2, 0.25) is 0 Å². The van der Waals surface area contributed by atoms with Crippen LogP contribution in [-0.4, -0.2) is 122 Å². The number of para-hydroxylation sites is 1. The maximum Gasteiger partial charge on any atom is 0.524 e. The number of sulfonamides is 1. The van der Waals surface area contributed by atoms with Gasteiger partial charge in [0, 0.05) is 118 Å². The number of alkyl halides is 1. The van der Waals surface area contributed by atoms with E-state index in [0.29, 0.717) is 54.2 Å². The molecule has 5 aromatic rings. The predicted octanol–water partition coefficient (Wildman–Crippen LogP) is 7.11. The van der Waals surface area contributed by atoms with Crippen LogP contribution in [0.25, 0.3) is 33.4 Å². The van der Waals surface area contributed by atoms with Gasteiger partial charge in [0.1, 0.15) is 31.2 Å². The zero-order valence-electron chi connectivity index (χ0n) is 45.8. The molecular weight excluding hydrogens is 1080 g/mol. The molecule has 21 nitrogen and oxygen atoms in total. The van der Waals surface area contributed by atoms with Crippen LogP contribution in [0.3, 0.4) is 0 Å². The molecule has 1 atom stereocenters. The lowest BCUT2D eigenvalue weighted by molar-refractivity contribution is -0.128. The van der Waals surface area contributed by atoms with Crippen LogP contribution in [0.4, 0.5) is 27.1 Å². The van der Waals surface area contributed by atoms with Crippen molar-refractivity contribution in [2.45, 2.75) is 30.8 Å². The fourth-order valence-corrected chi connectivity index (χ4v) is 10.2. The number of piperidine rings is 1. The lowest BCUT2D eigenvalue weighted by Crippen LogP contribution is -2.45. The number of hydrogen-bond acceptors (Lipinski definition) is 13. The first-order valence-corrected chi connectivity index (χ1v) is 28.6. The smallest absolute Gasteiger partial charge is 0.456 e. The minimum Gasteiger partial charge on any atom is -0.456 e. The second kappa shape index (κ2) is 26.7. The van der Waals surface area contributed by atoms with Crippen LogP contribution in [0.1, 0.15) is 41.9 Å². The summed E-state index contributed by atoms with van der Waals surface area (Å²) in [6, 6.07) is 38.3.